The Balaban J connectivity index is 2.00. The minimum absolute atomic E-state index is 0.0630. The molecule has 6 nitrogen and oxygen atoms in total. The Hall–Kier alpha value is -0.690. The molecule has 1 saturated carbocycles. The van der Waals surface area contributed by atoms with E-state index in [0.29, 0.717) is 19.1 Å². The van der Waals surface area contributed by atoms with Crippen LogP contribution < -0.4 is 0 Å². The maximum atomic E-state index is 12.5. The summed E-state index contributed by atoms with van der Waals surface area (Å²) in [5, 5.41) is 0. The zero-order chi connectivity index (χ0) is 18.2. The lowest BCUT2D eigenvalue weighted by Crippen LogP contribution is -2.66. The zero-order valence-electron chi connectivity index (χ0n) is 16.1. The number of esters is 1. The number of carbonyl (C=O) groups excluding carboxylic acids is 1. The smallest absolute Gasteiger partial charge is 0.309 e. The highest BCUT2D eigenvalue weighted by Gasteiger charge is 2.66. The largest absolute Gasteiger partial charge is 0.466 e. The van der Waals surface area contributed by atoms with Crippen molar-refractivity contribution in [3.63, 3.8) is 0 Å². The van der Waals surface area contributed by atoms with Gasteiger partial charge in [-0.1, -0.05) is 13.8 Å². The molecule has 3 aliphatic heterocycles. The lowest BCUT2D eigenvalue weighted by atomic mass is 9.59. The molecule has 0 amide bonds. The van der Waals surface area contributed by atoms with Crippen LogP contribution in [0.15, 0.2) is 0 Å². The molecule has 0 unspecified atom stereocenters. The molecule has 0 radical (unpaired) electrons. The van der Waals surface area contributed by atoms with Crippen molar-refractivity contribution in [1.29, 1.82) is 0 Å². The minimum atomic E-state index is -0.792. The fourth-order valence-electron chi connectivity index (χ4n) is 5.02. The van der Waals surface area contributed by atoms with Crippen molar-refractivity contribution >= 4 is 5.97 Å². The highest BCUT2D eigenvalue weighted by molar-refractivity contribution is 5.72. The molecule has 0 aromatic carbocycles. The maximum Gasteiger partial charge on any atom is 0.309 e. The maximum absolute atomic E-state index is 12.5. The molecule has 7 atom stereocenters. The van der Waals surface area contributed by atoms with E-state index in [9.17, 15) is 4.79 Å². The number of rotatable bonds is 5. The van der Waals surface area contributed by atoms with Gasteiger partial charge >= 0.3 is 5.97 Å². The van der Waals surface area contributed by atoms with E-state index in [1.54, 1.807) is 0 Å². The molecule has 1 aliphatic carbocycles. The Morgan fingerprint density at radius 2 is 1.96 bits per heavy atom. The monoisotopic (exact) mass is 356 g/mol. The predicted molar refractivity (Wildman–Crippen MR) is 90.2 cm³/mol. The fraction of sp³-hybridized carbons (Fsp3) is 0.947. The van der Waals surface area contributed by atoms with Crippen LogP contribution in [0.1, 0.15) is 60.3 Å². The molecular weight excluding hydrogens is 324 g/mol. The summed E-state index contributed by atoms with van der Waals surface area (Å²) in [6.07, 6.45) is 3.08. The van der Waals surface area contributed by atoms with Gasteiger partial charge in [-0.05, 0) is 51.9 Å². The van der Waals surface area contributed by atoms with Crippen molar-refractivity contribution in [2.24, 2.45) is 23.7 Å². The lowest BCUT2D eigenvalue weighted by Gasteiger charge is -2.55. The van der Waals surface area contributed by atoms with E-state index in [1.807, 2.05) is 27.7 Å². The van der Waals surface area contributed by atoms with Gasteiger partial charge in [-0.2, -0.15) is 0 Å². The van der Waals surface area contributed by atoms with Crippen LogP contribution in [0.25, 0.3) is 0 Å². The summed E-state index contributed by atoms with van der Waals surface area (Å²) in [5.41, 5.74) is -0.768. The summed E-state index contributed by atoms with van der Waals surface area (Å²) in [6, 6.07) is 0. The van der Waals surface area contributed by atoms with Gasteiger partial charge < -0.3 is 14.2 Å². The predicted octanol–water partition coefficient (Wildman–Crippen LogP) is 3.44. The van der Waals surface area contributed by atoms with Crippen molar-refractivity contribution in [3.05, 3.63) is 0 Å². The molecule has 0 aromatic heterocycles. The summed E-state index contributed by atoms with van der Waals surface area (Å²) in [7, 11) is 0. The van der Waals surface area contributed by atoms with Gasteiger partial charge in [-0.3, -0.25) is 4.79 Å². The van der Waals surface area contributed by atoms with Crippen LogP contribution in [0.4, 0.5) is 0 Å². The molecule has 2 bridgehead atoms. The van der Waals surface area contributed by atoms with E-state index < -0.39 is 17.7 Å². The van der Waals surface area contributed by atoms with Crippen LogP contribution in [0, 0.1) is 23.7 Å². The highest BCUT2D eigenvalue weighted by atomic mass is 17.3. The number of hydrogen-bond donors (Lipinski definition) is 0. The molecule has 3 heterocycles. The van der Waals surface area contributed by atoms with Crippen molar-refractivity contribution in [2.75, 3.05) is 13.2 Å². The third kappa shape index (κ3) is 3.11. The van der Waals surface area contributed by atoms with Gasteiger partial charge in [-0.15, -0.1) is 0 Å². The van der Waals surface area contributed by atoms with Crippen LogP contribution in [0.3, 0.4) is 0 Å². The molecule has 0 aromatic rings. The molecule has 4 rings (SSSR count). The molecule has 4 aliphatic rings. The first-order valence-electron chi connectivity index (χ1n) is 9.70. The molecular formula is C19H32O6. The zero-order valence-corrected chi connectivity index (χ0v) is 16.1. The number of carbonyl (C=O) groups is 1. The Morgan fingerprint density at radius 1 is 1.20 bits per heavy atom. The summed E-state index contributed by atoms with van der Waals surface area (Å²) >= 11 is 0. The van der Waals surface area contributed by atoms with Crippen LogP contribution >= 0.6 is 0 Å². The van der Waals surface area contributed by atoms with Crippen LogP contribution in [0.5, 0.6) is 0 Å². The Morgan fingerprint density at radius 3 is 2.64 bits per heavy atom. The first-order chi connectivity index (χ1) is 11.9. The average molecular weight is 356 g/mol. The van der Waals surface area contributed by atoms with Crippen LogP contribution in [-0.2, 0) is 28.8 Å². The van der Waals surface area contributed by atoms with Gasteiger partial charge in [0.05, 0.1) is 12.5 Å². The lowest BCUT2D eigenvalue weighted by molar-refractivity contribution is -0.558. The molecule has 1 spiro atoms. The summed E-state index contributed by atoms with van der Waals surface area (Å²) in [6.45, 7) is 10.8. The van der Waals surface area contributed by atoms with Gasteiger partial charge in [0, 0.05) is 18.9 Å². The molecule has 3 saturated heterocycles. The summed E-state index contributed by atoms with van der Waals surface area (Å²) in [5.74, 6) is -0.656. The standard InChI is InChI=1S/C19H32O6/c1-6-21-16(20)13(4)15-9-8-12(3)14-10-11-18(5)23-17(22-7-2)19(14,15)25-24-18/h12-15,17H,6-11H2,1-5H3/t12-,13-,14+,15+,17+,18-,19-/m1/s1. The van der Waals surface area contributed by atoms with E-state index in [0.717, 1.165) is 25.7 Å². The van der Waals surface area contributed by atoms with Crippen LogP contribution in [0.2, 0.25) is 0 Å². The molecule has 144 valence electrons. The highest BCUT2D eigenvalue weighted by Crippen LogP contribution is 2.57. The van der Waals surface area contributed by atoms with Crippen molar-refractivity contribution in [2.45, 2.75) is 78.0 Å². The SMILES string of the molecule is CCOC(=O)[C@H](C)[C@@H]1CC[C@@H](C)[C@@H]2CC[C@@]3(C)OO[C@]21[C@@H](OCC)O3. The third-order valence-electron chi connectivity index (χ3n) is 6.36. The van der Waals surface area contributed by atoms with E-state index in [2.05, 4.69) is 6.92 Å². The number of ether oxygens (including phenoxy) is 3. The molecule has 4 fully saturated rings. The first-order valence-corrected chi connectivity index (χ1v) is 9.70. The fourth-order valence-corrected chi connectivity index (χ4v) is 5.02. The number of fused-ring (bicyclic) bond motifs is 3. The Bertz CT molecular complexity index is 496. The minimum Gasteiger partial charge on any atom is -0.466 e. The Kier molecular flexibility index (Phi) is 5.45. The van der Waals surface area contributed by atoms with E-state index >= 15 is 0 Å². The summed E-state index contributed by atoms with van der Waals surface area (Å²) in [4.78, 5) is 24.4. The second kappa shape index (κ2) is 7.14. The molecule has 6 heteroatoms. The normalized spacial score (nSPS) is 44.7. The summed E-state index contributed by atoms with van der Waals surface area (Å²) < 4.78 is 17.6. The van der Waals surface area contributed by atoms with Crippen LogP contribution in [-0.4, -0.2) is 36.9 Å². The van der Waals surface area contributed by atoms with E-state index in [1.165, 1.54) is 0 Å². The first kappa shape index (κ1) is 19.1. The van der Waals surface area contributed by atoms with E-state index in [4.69, 9.17) is 24.0 Å². The average Bonchev–Trinajstić information content (AvgIpc) is 2.81. The van der Waals surface area contributed by atoms with Gasteiger partial charge in [0.2, 0.25) is 5.79 Å². The van der Waals surface area contributed by atoms with Gasteiger partial charge in [0.1, 0.15) is 0 Å². The number of hydrogen-bond acceptors (Lipinski definition) is 6. The quantitative estimate of drug-likeness (QED) is 0.555. The van der Waals surface area contributed by atoms with Crippen molar-refractivity contribution in [3.8, 4) is 0 Å². The second-order valence-corrected chi connectivity index (χ2v) is 7.91. The molecule has 25 heavy (non-hydrogen) atoms. The topological polar surface area (TPSA) is 63.2 Å². The van der Waals surface area contributed by atoms with Gasteiger partial charge in [0.15, 0.2) is 11.9 Å². The second-order valence-electron chi connectivity index (χ2n) is 7.91. The van der Waals surface area contributed by atoms with E-state index in [-0.39, 0.29) is 23.7 Å². The van der Waals surface area contributed by atoms with Gasteiger partial charge in [-0.25, -0.2) is 9.78 Å². The van der Waals surface area contributed by atoms with Crippen molar-refractivity contribution < 1.29 is 28.8 Å². The van der Waals surface area contributed by atoms with Crippen molar-refractivity contribution in [1.82, 2.24) is 0 Å². The third-order valence-corrected chi connectivity index (χ3v) is 6.36. The molecule has 0 N–H and O–H groups in total. The van der Waals surface area contributed by atoms with Gasteiger partial charge in [0.25, 0.3) is 0 Å². The Labute approximate surface area is 150 Å².